The van der Waals surface area contributed by atoms with E-state index in [1.807, 2.05) is 5.06 Å². The van der Waals surface area contributed by atoms with Crippen LogP contribution in [0.15, 0.2) is 11.4 Å². The molecule has 3 rings (SSSR count). The molecule has 0 aromatic carbocycles. The summed E-state index contributed by atoms with van der Waals surface area (Å²) < 4.78 is 33.0. The molecule has 0 atom stereocenters. The van der Waals surface area contributed by atoms with Gasteiger partial charge in [0.2, 0.25) is 15.0 Å². The number of imidazole rings is 1. The summed E-state index contributed by atoms with van der Waals surface area (Å²) in [6.07, 6.45) is 9.35. The van der Waals surface area contributed by atoms with Gasteiger partial charge in [0.15, 0.2) is 0 Å². The molecule has 1 saturated carbocycles. The maximum absolute atomic E-state index is 13.0. The highest BCUT2D eigenvalue weighted by Gasteiger charge is 2.28. The lowest BCUT2D eigenvalue weighted by Crippen LogP contribution is -2.31. The van der Waals surface area contributed by atoms with Crippen molar-refractivity contribution < 1.29 is 18.0 Å². The molecular weight excluding hydrogens is 354 g/mol. The van der Waals surface area contributed by atoms with Crippen molar-refractivity contribution in [1.82, 2.24) is 14.6 Å². The molecule has 0 unspecified atom stereocenters. The van der Waals surface area contributed by atoms with Gasteiger partial charge in [-0.3, -0.25) is 4.84 Å². The van der Waals surface area contributed by atoms with E-state index in [0.717, 1.165) is 57.4 Å². The number of rotatable bonds is 8. The molecule has 148 valence electrons. The highest BCUT2D eigenvalue weighted by molar-refractivity contribution is 7.91. The summed E-state index contributed by atoms with van der Waals surface area (Å²) in [7, 11) is -1.78. The van der Waals surface area contributed by atoms with Crippen molar-refractivity contribution in [3.63, 3.8) is 0 Å². The maximum atomic E-state index is 13.0. The van der Waals surface area contributed by atoms with Gasteiger partial charge in [-0.25, -0.2) is 13.4 Å². The van der Waals surface area contributed by atoms with Crippen LogP contribution in [0, 0.1) is 5.92 Å². The Balaban J connectivity index is 1.77. The number of methoxy groups -OCH3 is 1. The van der Waals surface area contributed by atoms with Crippen LogP contribution in [0.3, 0.4) is 0 Å². The molecule has 1 aliphatic carbocycles. The highest BCUT2D eigenvalue weighted by Crippen LogP contribution is 2.27. The van der Waals surface area contributed by atoms with E-state index in [0.29, 0.717) is 19.7 Å². The van der Waals surface area contributed by atoms with Gasteiger partial charge in [-0.1, -0.05) is 19.3 Å². The molecule has 1 saturated heterocycles. The molecule has 26 heavy (non-hydrogen) atoms. The van der Waals surface area contributed by atoms with Gasteiger partial charge in [-0.05, 0) is 31.6 Å². The molecule has 1 aromatic rings. The van der Waals surface area contributed by atoms with Crippen molar-refractivity contribution >= 4 is 9.84 Å². The van der Waals surface area contributed by atoms with Crippen molar-refractivity contribution in [3.8, 4) is 0 Å². The Morgan fingerprint density at radius 2 is 2.04 bits per heavy atom. The Morgan fingerprint density at radius 1 is 1.23 bits per heavy atom. The molecule has 0 bridgehead atoms. The zero-order valence-electron chi connectivity index (χ0n) is 15.7. The van der Waals surface area contributed by atoms with E-state index in [-0.39, 0.29) is 16.8 Å². The number of sulfone groups is 1. The lowest BCUT2D eigenvalue weighted by atomic mass is 9.91. The second kappa shape index (κ2) is 9.30. The standard InChI is InChI=1S/C18H31N3O4S/c1-24-12-10-21-17(14-20-9-5-6-11-25-20)13-19-18(21)26(22,23)15-16-7-3-2-4-8-16/h13,16H,2-12,14-15H2,1H3. The summed E-state index contributed by atoms with van der Waals surface area (Å²) in [5.41, 5.74) is 0.867. The van der Waals surface area contributed by atoms with Crippen molar-refractivity contribution in [2.75, 3.05) is 32.6 Å². The number of nitrogens with zero attached hydrogens (tertiary/aromatic N) is 3. The van der Waals surface area contributed by atoms with Gasteiger partial charge in [-0.15, -0.1) is 0 Å². The third-order valence-electron chi connectivity index (χ3n) is 5.29. The van der Waals surface area contributed by atoms with Crippen molar-refractivity contribution in [2.45, 2.75) is 63.2 Å². The summed E-state index contributed by atoms with van der Waals surface area (Å²) in [6, 6.07) is 0. The van der Waals surface area contributed by atoms with E-state index in [2.05, 4.69) is 4.98 Å². The van der Waals surface area contributed by atoms with Gasteiger partial charge in [-0.2, -0.15) is 5.06 Å². The first-order valence-corrected chi connectivity index (χ1v) is 11.4. The number of aromatic nitrogens is 2. The largest absolute Gasteiger partial charge is 0.383 e. The minimum absolute atomic E-state index is 0.187. The molecular formula is C18H31N3O4S. The first kappa shape index (κ1) is 19.8. The number of hydrogen-bond acceptors (Lipinski definition) is 6. The second-order valence-electron chi connectivity index (χ2n) is 7.37. The third kappa shape index (κ3) is 5.06. The Hall–Kier alpha value is -0.960. The van der Waals surface area contributed by atoms with Crippen LogP contribution < -0.4 is 0 Å². The molecule has 2 fully saturated rings. The summed E-state index contributed by atoms with van der Waals surface area (Å²) >= 11 is 0. The zero-order valence-corrected chi connectivity index (χ0v) is 16.5. The number of hydroxylamine groups is 2. The van der Waals surface area contributed by atoms with Crippen LogP contribution in [0.2, 0.25) is 0 Å². The van der Waals surface area contributed by atoms with Crippen molar-refractivity contribution in [3.05, 3.63) is 11.9 Å². The Kier molecular flexibility index (Phi) is 7.08. The van der Waals surface area contributed by atoms with Crippen LogP contribution >= 0.6 is 0 Å². The lowest BCUT2D eigenvalue weighted by molar-refractivity contribution is -0.188. The van der Waals surface area contributed by atoms with E-state index < -0.39 is 9.84 Å². The molecule has 0 amide bonds. The molecule has 0 N–H and O–H groups in total. The number of ether oxygens (including phenoxy) is 1. The van der Waals surface area contributed by atoms with E-state index in [1.165, 1.54) is 6.42 Å². The van der Waals surface area contributed by atoms with Gasteiger partial charge in [0.1, 0.15) is 0 Å². The van der Waals surface area contributed by atoms with Crippen LogP contribution in [-0.2, 0) is 32.5 Å². The minimum Gasteiger partial charge on any atom is -0.383 e. The molecule has 1 aliphatic heterocycles. The smallest absolute Gasteiger partial charge is 0.227 e. The summed E-state index contributed by atoms with van der Waals surface area (Å²) in [5.74, 6) is 0.464. The molecule has 0 spiro atoms. The summed E-state index contributed by atoms with van der Waals surface area (Å²) in [5, 5.41) is 2.09. The fraction of sp³-hybridized carbons (Fsp3) is 0.833. The predicted molar refractivity (Wildman–Crippen MR) is 98.3 cm³/mol. The van der Waals surface area contributed by atoms with Gasteiger partial charge in [0.25, 0.3) is 0 Å². The van der Waals surface area contributed by atoms with Gasteiger partial charge < -0.3 is 9.30 Å². The van der Waals surface area contributed by atoms with Crippen molar-refractivity contribution in [2.24, 2.45) is 5.92 Å². The molecule has 2 aliphatic rings. The fourth-order valence-corrected chi connectivity index (χ4v) is 5.74. The van der Waals surface area contributed by atoms with Crippen LogP contribution in [0.5, 0.6) is 0 Å². The average molecular weight is 386 g/mol. The maximum Gasteiger partial charge on any atom is 0.227 e. The lowest BCUT2D eigenvalue weighted by Gasteiger charge is -2.26. The number of hydrogen-bond donors (Lipinski definition) is 0. The normalized spacial score (nSPS) is 20.5. The van der Waals surface area contributed by atoms with Gasteiger partial charge >= 0.3 is 0 Å². The first-order chi connectivity index (χ1) is 12.6. The van der Waals surface area contributed by atoms with Crippen LogP contribution in [-0.4, -0.2) is 55.7 Å². The molecule has 8 heteroatoms. The first-order valence-electron chi connectivity index (χ1n) is 9.74. The monoisotopic (exact) mass is 385 g/mol. The van der Waals surface area contributed by atoms with Crippen LogP contribution in [0.1, 0.15) is 50.6 Å². The minimum atomic E-state index is -3.40. The third-order valence-corrected chi connectivity index (χ3v) is 7.09. The van der Waals surface area contributed by atoms with Gasteiger partial charge in [0, 0.05) is 20.2 Å². The topological polar surface area (TPSA) is 73.7 Å². The van der Waals surface area contributed by atoms with Crippen molar-refractivity contribution in [1.29, 1.82) is 0 Å². The van der Waals surface area contributed by atoms with Crippen LogP contribution in [0.25, 0.3) is 0 Å². The Morgan fingerprint density at radius 3 is 2.73 bits per heavy atom. The highest BCUT2D eigenvalue weighted by atomic mass is 32.2. The molecule has 7 nitrogen and oxygen atoms in total. The molecule has 2 heterocycles. The fourth-order valence-electron chi connectivity index (χ4n) is 3.88. The summed E-state index contributed by atoms with van der Waals surface area (Å²) in [4.78, 5) is 9.98. The van der Waals surface area contributed by atoms with Crippen LogP contribution in [0.4, 0.5) is 0 Å². The quantitative estimate of drug-likeness (QED) is 0.684. The van der Waals surface area contributed by atoms with E-state index in [1.54, 1.807) is 17.9 Å². The summed E-state index contributed by atoms with van der Waals surface area (Å²) in [6.45, 7) is 3.07. The molecule has 1 aromatic heterocycles. The van der Waals surface area contributed by atoms with E-state index >= 15 is 0 Å². The van der Waals surface area contributed by atoms with E-state index in [4.69, 9.17) is 9.57 Å². The predicted octanol–water partition coefficient (Wildman–Crippen LogP) is 2.41. The molecule has 0 radical (unpaired) electrons. The van der Waals surface area contributed by atoms with Gasteiger partial charge in [0.05, 0.1) is 37.4 Å². The Bertz CT molecular complexity index is 662. The second-order valence-corrected chi connectivity index (χ2v) is 9.29. The average Bonchev–Trinajstić information content (AvgIpc) is 3.05. The Labute approximate surface area is 156 Å². The van der Waals surface area contributed by atoms with E-state index in [9.17, 15) is 8.42 Å². The SMILES string of the molecule is COCCn1c(CN2CCCCO2)cnc1S(=O)(=O)CC1CCCCC1. The zero-order chi connectivity index (χ0) is 18.4.